The van der Waals surface area contributed by atoms with Gasteiger partial charge in [0.1, 0.15) is 5.52 Å². The van der Waals surface area contributed by atoms with E-state index in [1.54, 1.807) is 33.4 Å². The van der Waals surface area contributed by atoms with E-state index in [1.807, 2.05) is 13.0 Å². The molecule has 1 aliphatic rings. The molecular weight excluding hydrogens is 366 g/mol. The SMILES string of the molecule is Cc1cccc(S(=O)(=O)N2CCC[C@H]2Cn2cnc3c(N)nc(N)nc32)c1. The van der Waals surface area contributed by atoms with E-state index in [-0.39, 0.29) is 17.8 Å². The molecule has 1 aliphatic heterocycles. The first kappa shape index (κ1) is 17.7. The molecule has 0 radical (unpaired) electrons. The van der Waals surface area contributed by atoms with Crippen LogP contribution in [0.15, 0.2) is 35.5 Å². The summed E-state index contributed by atoms with van der Waals surface area (Å²) in [4.78, 5) is 12.7. The molecule has 9 nitrogen and oxygen atoms in total. The summed E-state index contributed by atoms with van der Waals surface area (Å²) in [6, 6.07) is 6.79. The van der Waals surface area contributed by atoms with Crippen LogP contribution in [0.1, 0.15) is 18.4 Å². The maximum atomic E-state index is 13.1. The number of aryl methyl sites for hydroxylation is 1. The highest BCUT2D eigenvalue weighted by Crippen LogP contribution is 2.28. The van der Waals surface area contributed by atoms with Crippen LogP contribution in [0.3, 0.4) is 0 Å². The van der Waals surface area contributed by atoms with Gasteiger partial charge in [0.2, 0.25) is 16.0 Å². The van der Waals surface area contributed by atoms with Crippen molar-refractivity contribution in [2.45, 2.75) is 37.2 Å². The highest BCUT2D eigenvalue weighted by atomic mass is 32.2. The first-order chi connectivity index (χ1) is 12.9. The molecule has 4 rings (SSSR count). The van der Waals surface area contributed by atoms with Crippen molar-refractivity contribution in [3.8, 4) is 0 Å². The van der Waals surface area contributed by atoms with Gasteiger partial charge in [-0.3, -0.25) is 0 Å². The second kappa shape index (κ2) is 6.46. The molecule has 2 aromatic heterocycles. The molecule has 0 saturated carbocycles. The van der Waals surface area contributed by atoms with E-state index < -0.39 is 10.0 Å². The van der Waals surface area contributed by atoms with Crippen molar-refractivity contribution >= 4 is 33.0 Å². The zero-order valence-electron chi connectivity index (χ0n) is 14.9. The van der Waals surface area contributed by atoms with Gasteiger partial charge < -0.3 is 16.0 Å². The van der Waals surface area contributed by atoms with Crippen molar-refractivity contribution in [1.82, 2.24) is 23.8 Å². The van der Waals surface area contributed by atoms with Crippen molar-refractivity contribution in [1.29, 1.82) is 0 Å². The van der Waals surface area contributed by atoms with Gasteiger partial charge in [0.25, 0.3) is 0 Å². The summed E-state index contributed by atoms with van der Waals surface area (Å²) >= 11 is 0. The predicted octanol–water partition coefficient (Wildman–Crippen LogP) is 1.15. The number of nitrogens with two attached hydrogens (primary N) is 2. The van der Waals surface area contributed by atoms with E-state index in [2.05, 4.69) is 15.0 Å². The Morgan fingerprint density at radius 2 is 2.07 bits per heavy atom. The van der Waals surface area contributed by atoms with E-state index in [4.69, 9.17) is 11.5 Å². The molecule has 0 aliphatic carbocycles. The zero-order valence-corrected chi connectivity index (χ0v) is 15.7. The van der Waals surface area contributed by atoms with Crippen LogP contribution in [-0.2, 0) is 16.6 Å². The highest BCUT2D eigenvalue weighted by molar-refractivity contribution is 7.89. The van der Waals surface area contributed by atoms with Crippen LogP contribution in [0.25, 0.3) is 11.2 Å². The van der Waals surface area contributed by atoms with Gasteiger partial charge in [-0.1, -0.05) is 12.1 Å². The Labute approximate surface area is 157 Å². The number of hydrogen-bond donors (Lipinski definition) is 2. The van der Waals surface area contributed by atoms with Gasteiger partial charge in [-0.15, -0.1) is 0 Å². The van der Waals surface area contributed by atoms with Gasteiger partial charge in [0.15, 0.2) is 11.5 Å². The molecule has 1 atom stereocenters. The lowest BCUT2D eigenvalue weighted by molar-refractivity contribution is 0.354. The Kier molecular flexibility index (Phi) is 4.23. The minimum atomic E-state index is -3.57. The molecule has 0 unspecified atom stereocenters. The smallest absolute Gasteiger partial charge is 0.243 e. The molecule has 1 fully saturated rings. The Morgan fingerprint density at radius 1 is 1.26 bits per heavy atom. The van der Waals surface area contributed by atoms with Gasteiger partial charge in [-0.2, -0.15) is 14.3 Å². The minimum Gasteiger partial charge on any atom is -0.382 e. The monoisotopic (exact) mass is 387 g/mol. The number of nitrogen functional groups attached to an aromatic ring is 2. The molecule has 0 amide bonds. The van der Waals surface area contributed by atoms with Crippen LogP contribution in [0, 0.1) is 6.92 Å². The molecule has 142 valence electrons. The number of fused-ring (bicyclic) bond motifs is 1. The fraction of sp³-hybridized carbons (Fsp3) is 0.353. The maximum absolute atomic E-state index is 13.1. The number of imidazole rings is 1. The third-order valence-electron chi connectivity index (χ3n) is 4.83. The van der Waals surface area contributed by atoms with Crippen LogP contribution >= 0.6 is 0 Å². The van der Waals surface area contributed by atoms with Crippen molar-refractivity contribution < 1.29 is 8.42 Å². The highest BCUT2D eigenvalue weighted by Gasteiger charge is 2.35. The number of rotatable bonds is 4. The summed E-state index contributed by atoms with van der Waals surface area (Å²) in [5, 5.41) is 0. The minimum absolute atomic E-state index is 0.0670. The zero-order chi connectivity index (χ0) is 19.2. The van der Waals surface area contributed by atoms with E-state index in [9.17, 15) is 8.42 Å². The van der Waals surface area contributed by atoms with Gasteiger partial charge in [-0.05, 0) is 37.5 Å². The fourth-order valence-corrected chi connectivity index (χ4v) is 5.35. The Morgan fingerprint density at radius 3 is 2.85 bits per heavy atom. The lowest BCUT2D eigenvalue weighted by Crippen LogP contribution is -2.38. The third kappa shape index (κ3) is 3.10. The normalized spacial score (nSPS) is 18.3. The van der Waals surface area contributed by atoms with E-state index in [0.29, 0.717) is 29.1 Å². The molecule has 0 spiro atoms. The summed E-state index contributed by atoms with van der Waals surface area (Å²) in [5.41, 5.74) is 13.4. The lowest BCUT2D eigenvalue weighted by Gasteiger charge is -2.24. The van der Waals surface area contributed by atoms with E-state index in [0.717, 1.165) is 18.4 Å². The van der Waals surface area contributed by atoms with Gasteiger partial charge in [0, 0.05) is 19.1 Å². The fourth-order valence-electron chi connectivity index (χ4n) is 3.56. The van der Waals surface area contributed by atoms with Crippen LogP contribution in [-0.4, -0.2) is 44.8 Å². The predicted molar refractivity (Wildman–Crippen MR) is 102 cm³/mol. The molecule has 0 bridgehead atoms. The van der Waals surface area contributed by atoms with Crippen molar-refractivity contribution in [2.24, 2.45) is 0 Å². The molecule has 27 heavy (non-hydrogen) atoms. The van der Waals surface area contributed by atoms with Crippen LogP contribution in [0.2, 0.25) is 0 Å². The average molecular weight is 387 g/mol. The molecule has 1 saturated heterocycles. The van der Waals surface area contributed by atoms with Gasteiger partial charge in [-0.25, -0.2) is 13.4 Å². The summed E-state index contributed by atoms with van der Waals surface area (Å²) in [5.74, 6) is 0.282. The van der Waals surface area contributed by atoms with E-state index in [1.165, 1.54) is 0 Å². The van der Waals surface area contributed by atoms with Crippen LogP contribution in [0.5, 0.6) is 0 Å². The van der Waals surface area contributed by atoms with Gasteiger partial charge >= 0.3 is 0 Å². The second-order valence-corrected chi connectivity index (χ2v) is 8.66. The van der Waals surface area contributed by atoms with Gasteiger partial charge in [0.05, 0.1) is 11.2 Å². The molecular formula is C17H21N7O2S. The molecule has 1 aromatic carbocycles. The largest absolute Gasteiger partial charge is 0.382 e. The number of benzene rings is 1. The standard InChI is InChI=1S/C17H21N7O2S/c1-11-4-2-6-13(8-11)27(25,26)24-7-3-5-12(24)9-23-10-20-14-15(18)21-17(19)22-16(14)23/h2,4,6,8,10,12H,3,5,7,9H2,1H3,(H4,18,19,21,22)/t12-/m0/s1. The number of nitrogens with zero attached hydrogens (tertiary/aromatic N) is 5. The summed E-state index contributed by atoms with van der Waals surface area (Å²) in [6.07, 6.45) is 3.17. The van der Waals surface area contributed by atoms with E-state index >= 15 is 0 Å². The second-order valence-electron chi connectivity index (χ2n) is 6.76. The lowest BCUT2D eigenvalue weighted by atomic mass is 10.2. The maximum Gasteiger partial charge on any atom is 0.243 e. The Balaban J connectivity index is 1.67. The number of aromatic nitrogens is 4. The first-order valence-electron chi connectivity index (χ1n) is 8.68. The van der Waals surface area contributed by atoms with Crippen molar-refractivity contribution in [3.63, 3.8) is 0 Å². The third-order valence-corrected chi connectivity index (χ3v) is 6.78. The number of sulfonamides is 1. The summed E-state index contributed by atoms with van der Waals surface area (Å²) in [6.45, 7) is 2.80. The summed E-state index contributed by atoms with van der Waals surface area (Å²) in [7, 11) is -3.57. The number of hydrogen-bond acceptors (Lipinski definition) is 7. The molecule has 10 heteroatoms. The summed E-state index contributed by atoms with van der Waals surface area (Å²) < 4.78 is 29.6. The Hall–Kier alpha value is -2.72. The van der Waals surface area contributed by atoms with Crippen molar-refractivity contribution in [3.05, 3.63) is 36.2 Å². The molecule has 4 N–H and O–H groups in total. The molecule has 3 aromatic rings. The van der Waals surface area contributed by atoms with Crippen molar-refractivity contribution in [2.75, 3.05) is 18.0 Å². The topological polar surface area (TPSA) is 133 Å². The quantitative estimate of drug-likeness (QED) is 0.686. The van der Waals surface area contributed by atoms with Crippen LogP contribution < -0.4 is 11.5 Å². The Bertz CT molecular complexity index is 1110. The molecule has 3 heterocycles. The first-order valence-corrected chi connectivity index (χ1v) is 10.1. The number of anilines is 2. The van der Waals surface area contributed by atoms with Crippen LogP contribution in [0.4, 0.5) is 11.8 Å². The average Bonchev–Trinajstić information content (AvgIpc) is 3.23.